The van der Waals surface area contributed by atoms with Crippen LogP contribution in [0.5, 0.6) is 5.75 Å². The lowest BCUT2D eigenvalue weighted by atomic mass is 10.1. The molecule has 0 saturated heterocycles. The molecule has 22 heavy (non-hydrogen) atoms. The molecule has 4 aromatic rings. The van der Waals surface area contributed by atoms with Crippen molar-refractivity contribution >= 4 is 33.6 Å². The Balaban J connectivity index is 1.74. The fourth-order valence-electron chi connectivity index (χ4n) is 2.32. The molecule has 5 heteroatoms. The van der Waals surface area contributed by atoms with E-state index >= 15 is 0 Å². The number of benzene rings is 3. The largest absolute Gasteiger partial charge is 0.505 e. The van der Waals surface area contributed by atoms with E-state index in [0.717, 1.165) is 16.3 Å². The van der Waals surface area contributed by atoms with Gasteiger partial charge in [0.15, 0.2) is 11.3 Å². The Morgan fingerprint density at radius 3 is 2.59 bits per heavy atom. The summed E-state index contributed by atoms with van der Waals surface area (Å²) in [5, 5.41) is 19.9. The second-order valence-electron chi connectivity index (χ2n) is 4.82. The predicted molar refractivity (Wildman–Crippen MR) is 83.8 cm³/mol. The fraction of sp³-hybridized carbons (Fsp3) is 0. The first-order valence-corrected chi connectivity index (χ1v) is 6.79. The van der Waals surface area contributed by atoms with Crippen molar-refractivity contribution in [3.8, 4) is 5.75 Å². The van der Waals surface area contributed by atoms with Gasteiger partial charge in [-0.1, -0.05) is 47.6 Å². The molecular formula is C17H11N3O2. The lowest BCUT2D eigenvalue weighted by Gasteiger charge is -2.02. The first-order valence-electron chi connectivity index (χ1n) is 6.79. The minimum absolute atomic E-state index is 0.0953. The van der Waals surface area contributed by atoms with Crippen LogP contribution in [0.25, 0.3) is 21.9 Å². The summed E-state index contributed by atoms with van der Waals surface area (Å²) in [6.07, 6.45) is 0. The predicted octanol–water partition coefficient (Wildman–Crippen LogP) is 5.10. The smallest absolute Gasteiger partial charge is 0.341 e. The van der Waals surface area contributed by atoms with Crippen molar-refractivity contribution in [3.05, 3.63) is 60.7 Å². The minimum atomic E-state index is 0.0953. The van der Waals surface area contributed by atoms with Gasteiger partial charge in [-0.2, -0.15) is 4.98 Å². The summed E-state index contributed by atoms with van der Waals surface area (Å²) in [7, 11) is 0. The van der Waals surface area contributed by atoms with Gasteiger partial charge >= 0.3 is 6.01 Å². The van der Waals surface area contributed by atoms with E-state index < -0.39 is 0 Å². The summed E-state index contributed by atoms with van der Waals surface area (Å²) in [6, 6.07) is 18.7. The molecule has 3 aromatic carbocycles. The zero-order valence-corrected chi connectivity index (χ0v) is 11.5. The third-order valence-corrected chi connectivity index (χ3v) is 3.41. The van der Waals surface area contributed by atoms with Crippen LogP contribution < -0.4 is 0 Å². The molecule has 4 rings (SSSR count). The average Bonchev–Trinajstić information content (AvgIpc) is 2.97. The van der Waals surface area contributed by atoms with Crippen LogP contribution >= 0.6 is 0 Å². The second-order valence-corrected chi connectivity index (χ2v) is 4.82. The van der Waals surface area contributed by atoms with Gasteiger partial charge < -0.3 is 9.52 Å². The molecule has 106 valence electrons. The summed E-state index contributed by atoms with van der Waals surface area (Å²) in [5.41, 5.74) is 1.75. The highest BCUT2D eigenvalue weighted by atomic mass is 16.4. The van der Waals surface area contributed by atoms with Gasteiger partial charge in [0.1, 0.15) is 11.2 Å². The van der Waals surface area contributed by atoms with Crippen molar-refractivity contribution in [2.24, 2.45) is 10.2 Å². The molecule has 1 N–H and O–H groups in total. The molecule has 0 amide bonds. The Hall–Kier alpha value is -3.21. The fourth-order valence-corrected chi connectivity index (χ4v) is 2.32. The zero-order valence-electron chi connectivity index (χ0n) is 11.5. The van der Waals surface area contributed by atoms with Crippen LogP contribution in [0.3, 0.4) is 0 Å². The highest BCUT2D eigenvalue weighted by Gasteiger charge is 2.07. The van der Waals surface area contributed by atoms with Gasteiger partial charge in [-0.3, -0.25) is 0 Å². The lowest BCUT2D eigenvalue weighted by molar-refractivity contribution is 0.482. The van der Waals surface area contributed by atoms with Gasteiger partial charge in [0.25, 0.3) is 0 Å². The Kier molecular flexibility index (Phi) is 2.83. The number of hydrogen-bond donors (Lipinski definition) is 1. The molecule has 0 saturated carbocycles. The van der Waals surface area contributed by atoms with Crippen LogP contribution in [-0.2, 0) is 0 Å². The molecule has 0 fully saturated rings. The van der Waals surface area contributed by atoms with Crippen molar-refractivity contribution in [2.75, 3.05) is 0 Å². The van der Waals surface area contributed by atoms with Crippen molar-refractivity contribution in [2.45, 2.75) is 0 Å². The van der Waals surface area contributed by atoms with E-state index in [1.165, 1.54) is 0 Å². The maximum atomic E-state index is 10.3. The number of azo groups is 1. The number of oxazole rings is 1. The number of phenolic OH excluding ortho intramolecular Hbond substituents is 1. The second kappa shape index (κ2) is 4.96. The molecule has 1 heterocycles. The van der Waals surface area contributed by atoms with Crippen LogP contribution in [0, 0.1) is 0 Å². The van der Waals surface area contributed by atoms with E-state index in [2.05, 4.69) is 15.2 Å². The SMILES string of the molecule is Oc1c(N=Nc2nc3ccccc3o2)ccc2ccccc12. The summed E-state index contributed by atoms with van der Waals surface area (Å²) < 4.78 is 5.46. The van der Waals surface area contributed by atoms with Gasteiger partial charge in [-0.25, -0.2) is 0 Å². The highest BCUT2D eigenvalue weighted by molar-refractivity contribution is 5.92. The van der Waals surface area contributed by atoms with Crippen LogP contribution in [0.1, 0.15) is 0 Å². The third-order valence-electron chi connectivity index (χ3n) is 3.41. The van der Waals surface area contributed by atoms with E-state index in [1.54, 1.807) is 6.07 Å². The van der Waals surface area contributed by atoms with Gasteiger partial charge in [0, 0.05) is 5.39 Å². The molecular weight excluding hydrogens is 278 g/mol. The van der Waals surface area contributed by atoms with E-state index in [-0.39, 0.29) is 11.8 Å². The lowest BCUT2D eigenvalue weighted by Crippen LogP contribution is -1.74. The molecule has 0 spiro atoms. The number of nitrogens with zero attached hydrogens (tertiary/aromatic N) is 3. The number of phenols is 1. The first kappa shape index (κ1) is 12.5. The maximum absolute atomic E-state index is 10.3. The van der Waals surface area contributed by atoms with Crippen molar-refractivity contribution in [3.63, 3.8) is 0 Å². The zero-order chi connectivity index (χ0) is 14.9. The number of aromatic hydroxyl groups is 1. The minimum Gasteiger partial charge on any atom is -0.505 e. The molecule has 0 bridgehead atoms. The number of para-hydroxylation sites is 2. The van der Waals surface area contributed by atoms with Crippen molar-refractivity contribution in [1.82, 2.24) is 4.98 Å². The normalized spacial score (nSPS) is 11.6. The average molecular weight is 289 g/mol. The first-order chi connectivity index (χ1) is 10.8. The maximum Gasteiger partial charge on any atom is 0.341 e. The van der Waals surface area contributed by atoms with Gasteiger partial charge in [-0.05, 0) is 23.6 Å². The van der Waals surface area contributed by atoms with Crippen LogP contribution in [-0.4, -0.2) is 10.1 Å². The van der Waals surface area contributed by atoms with Crippen molar-refractivity contribution in [1.29, 1.82) is 0 Å². The van der Waals surface area contributed by atoms with E-state index in [1.807, 2.05) is 54.6 Å². The monoisotopic (exact) mass is 289 g/mol. The molecule has 5 nitrogen and oxygen atoms in total. The Morgan fingerprint density at radius 2 is 1.68 bits per heavy atom. The molecule has 0 aliphatic carbocycles. The number of fused-ring (bicyclic) bond motifs is 2. The summed E-state index contributed by atoms with van der Waals surface area (Å²) >= 11 is 0. The number of hydrogen-bond acceptors (Lipinski definition) is 5. The van der Waals surface area contributed by atoms with E-state index in [4.69, 9.17) is 4.42 Å². The van der Waals surface area contributed by atoms with Crippen molar-refractivity contribution < 1.29 is 9.52 Å². The number of rotatable bonds is 2. The molecule has 0 aliphatic heterocycles. The molecule has 0 aliphatic rings. The standard InChI is InChI=1S/C17H11N3O2/c21-16-12-6-2-1-5-11(12)9-10-14(16)19-20-17-18-13-7-3-4-8-15(13)22-17/h1-10,21H. The van der Waals surface area contributed by atoms with Crippen LogP contribution in [0.4, 0.5) is 11.7 Å². The Labute approximate surface area is 125 Å². The highest BCUT2D eigenvalue weighted by Crippen LogP contribution is 2.35. The van der Waals surface area contributed by atoms with E-state index in [9.17, 15) is 5.11 Å². The Bertz CT molecular complexity index is 972. The van der Waals surface area contributed by atoms with Crippen LogP contribution in [0.2, 0.25) is 0 Å². The summed E-state index contributed by atoms with van der Waals surface area (Å²) in [6.45, 7) is 0. The Morgan fingerprint density at radius 1 is 0.864 bits per heavy atom. The molecule has 0 atom stereocenters. The van der Waals surface area contributed by atoms with E-state index in [0.29, 0.717) is 11.3 Å². The van der Waals surface area contributed by atoms with Gasteiger partial charge in [-0.15, -0.1) is 5.11 Å². The molecule has 0 unspecified atom stereocenters. The quantitative estimate of drug-likeness (QED) is 0.522. The van der Waals surface area contributed by atoms with Crippen LogP contribution in [0.15, 0.2) is 75.3 Å². The number of aromatic nitrogens is 1. The third kappa shape index (κ3) is 2.09. The molecule has 0 radical (unpaired) electrons. The summed E-state index contributed by atoms with van der Waals surface area (Å²) in [4.78, 5) is 4.21. The topological polar surface area (TPSA) is 71.0 Å². The molecule has 1 aromatic heterocycles. The van der Waals surface area contributed by atoms with Gasteiger partial charge in [0.05, 0.1) is 0 Å². The summed E-state index contributed by atoms with van der Waals surface area (Å²) in [5.74, 6) is 0.0953. The van der Waals surface area contributed by atoms with Gasteiger partial charge in [0.2, 0.25) is 0 Å².